The Bertz CT molecular complexity index is 9580. The van der Waals surface area contributed by atoms with E-state index in [1.54, 1.807) is 22.7 Å². The quantitative estimate of drug-likeness (QED) is 0.102. The second kappa shape index (κ2) is 34.3. The van der Waals surface area contributed by atoms with Crippen molar-refractivity contribution in [1.82, 2.24) is 0 Å². The van der Waals surface area contributed by atoms with Crippen molar-refractivity contribution in [3.63, 3.8) is 0 Å². The number of anilines is 9. The number of nitrogens with zero attached hydrogens (tertiary/aromatic N) is 3. The summed E-state index contributed by atoms with van der Waals surface area (Å²) in [5, 5.41) is 6.01. The second-order valence-electron chi connectivity index (χ2n) is 34.9. The summed E-state index contributed by atoms with van der Waals surface area (Å²) in [6, 6.07) is 142. The minimum absolute atomic E-state index is 0.0585. The van der Waals surface area contributed by atoms with Crippen molar-refractivity contribution in [3.05, 3.63) is 606 Å². The van der Waals surface area contributed by atoms with E-state index < -0.39 is 46.5 Å². The fourth-order valence-corrected chi connectivity index (χ4v) is 24.6. The average Bonchev–Trinajstić information content (AvgIpc) is 1.50. The molecule has 0 saturated heterocycles. The minimum Gasteiger partial charge on any atom is -0.456 e. The number of para-hydroxylation sites is 8. The lowest BCUT2D eigenvalue weighted by Gasteiger charge is -2.35. The van der Waals surface area contributed by atoms with E-state index in [9.17, 15) is 9.60 Å². The Morgan fingerprint density at radius 3 is 0.914 bits per heavy atom. The van der Waals surface area contributed by atoms with Gasteiger partial charge in [-0.15, -0.1) is 22.7 Å². The fraction of sp³-hybridized carbons (Fsp3) is 0.0226. The van der Waals surface area contributed by atoms with Gasteiger partial charge in [-0.1, -0.05) is 406 Å². The Hall–Kier alpha value is -17.3. The van der Waals surface area contributed by atoms with Crippen LogP contribution in [0.1, 0.15) is 90.1 Å². The van der Waals surface area contributed by atoms with Gasteiger partial charge in [0.25, 0.3) is 0 Å². The summed E-state index contributed by atoms with van der Waals surface area (Å²) < 4.78 is 165. The van der Waals surface area contributed by atoms with Gasteiger partial charge in [0.2, 0.25) is 0 Å². The maximum absolute atomic E-state index is 10.00. The maximum Gasteiger partial charge on any atom is 0.140 e. The van der Waals surface area contributed by atoms with Crippen molar-refractivity contribution in [2.45, 2.75) is 16.2 Å². The van der Waals surface area contributed by atoms with Gasteiger partial charge in [0.05, 0.1) is 39.5 Å². The molecule has 0 radical (unpaired) electrons. The molecule has 6 heteroatoms. The molecule has 28 rings (SSSR count). The highest BCUT2D eigenvalue weighted by Gasteiger charge is 2.51. The molecule has 3 aliphatic rings. The molecule has 0 fully saturated rings. The molecule has 3 unspecified atom stereocenters. The lowest BCUT2D eigenvalue weighted by Crippen LogP contribution is -2.28. The number of fused-ring (bicyclic) bond motifs is 19. The second-order valence-corrected chi connectivity index (χ2v) is 37.0. The van der Waals surface area contributed by atoms with Gasteiger partial charge in [0, 0.05) is 108 Å². The summed E-state index contributed by atoms with van der Waals surface area (Å²) in [6.45, 7) is 0. The lowest BCUT2D eigenvalue weighted by molar-refractivity contribution is 0.648. The first-order valence-corrected chi connectivity index (χ1v) is 48.0. The third-order valence-corrected chi connectivity index (χ3v) is 30.2. The van der Waals surface area contributed by atoms with Crippen molar-refractivity contribution < 1.29 is 27.7 Å². The molecule has 0 amide bonds. The van der Waals surface area contributed by atoms with Crippen molar-refractivity contribution >= 4 is 147 Å². The smallest absolute Gasteiger partial charge is 0.140 e. The Labute approximate surface area is 840 Å². The van der Waals surface area contributed by atoms with E-state index in [-0.39, 0.29) is 100.0 Å². The summed E-state index contributed by atoms with van der Waals surface area (Å²) in [6.07, 6.45) is 0. The Balaban J connectivity index is 0.000000117. The summed E-state index contributed by atoms with van der Waals surface area (Å²) in [5.41, 5.74) is 20.1. The summed E-state index contributed by atoms with van der Waals surface area (Å²) >= 11 is 3.33. The number of rotatable bonds is 15. The third-order valence-electron chi connectivity index (χ3n) is 27.7. The Morgan fingerprint density at radius 2 is 0.504 bits per heavy atom. The summed E-state index contributed by atoms with van der Waals surface area (Å²) in [4.78, 5) is 6.63. The Kier molecular flexibility index (Phi) is 16.3. The predicted octanol–water partition coefficient (Wildman–Crippen LogP) is 36.3. The van der Waals surface area contributed by atoms with E-state index in [2.05, 4.69) is 215 Å². The Morgan fingerprint density at radius 1 is 0.201 bits per heavy atom. The van der Waals surface area contributed by atoms with E-state index >= 15 is 0 Å². The van der Waals surface area contributed by atoms with Crippen LogP contribution in [0.25, 0.3) is 106 Å². The molecule has 139 heavy (non-hydrogen) atoms. The summed E-state index contributed by atoms with van der Waals surface area (Å²) in [5.74, 6) is 0. The SMILES string of the molecule is [2H]c1c([2H])c([2H])c(C2(c3cccc4c3oc3ccccc34)c3ccccc3-c3cc(N(c4ccccc4)c4ccccc4)ccc32)c([2H])c1[2H].[2H]c1c([2H])c([2H])c(C2(c3cccc4c3sc3ccccc34)c3ccccc3-c3cc(N(c4ccccc4)c4ccccc4)ccc32)c([2H])c1[2H].[2H]c1c([2H])c([2H])c2c([2H])c(C3(c4cccc5c4sc4ccccc45)c4ccccc4-c4cc(N(c5ccccc5)c5ccccc5)ccc43)c([2H])c([2H])c2c1[2H]. The van der Waals surface area contributed by atoms with Gasteiger partial charge in [0.1, 0.15) is 11.2 Å². The van der Waals surface area contributed by atoms with Crippen LogP contribution in [0.3, 0.4) is 0 Å². The third kappa shape index (κ3) is 13.3. The molecule has 3 aliphatic carbocycles. The molecular weight excluding hydrogens is 1720 g/mol. The zero-order valence-corrected chi connectivity index (χ0v) is 76.3. The highest BCUT2D eigenvalue weighted by Crippen LogP contribution is 2.64. The van der Waals surface area contributed by atoms with Crippen molar-refractivity contribution in [1.29, 1.82) is 0 Å². The van der Waals surface area contributed by atoms with Gasteiger partial charge in [-0.05, 0) is 239 Å². The highest BCUT2D eigenvalue weighted by atomic mass is 32.1. The monoisotopic (exact) mass is 1820 g/mol. The molecular formula is C133H89N3OS2. The van der Waals surface area contributed by atoms with E-state index in [1.165, 1.54) is 0 Å². The molecule has 4 nitrogen and oxygen atoms in total. The number of benzene rings is 22. The molecule has 3 heterocycles. The van der Waals surface area contributed by atoms with Gasteiger partial charge in [0.15, 0.2) is 0 Å². The number of thiophene rings is 2. The molecule has 3 aromatic heterocycles. The number of hydrogen-bond acceptors (Lipinski definition) is 6. The molecule has 0 aliphatic heterocycles. The van der Waals surface area contributed by atoms with E-state index in [0.29, 0.717) is 11.1 Å². The van der Waals surface area contributed by atoms with Crippen LogP contribution in [0.15, 0.2) is 544 Å². The van der Waals surface area contributed by atoms with Gasteiger partial charge in [-0.3, -0.25) is 0 Å². The van der Waals surface area contributed by atoms with Crippen LogP contribution in [0.4, 0.5) is 51.2 Å². The van der Waals surface area contributed by atoms with Gasteiger partial charge in [-0.2, -0.15) is 0 Å². The minimum atomic E-state index is -1.32. The molecule has 0 spiro atoms. The van der Waals surface area contributed by atoms with Crippen molar-refractivity contribution in [3.8, 4) is 33.4 Å². The number of hydrogen-bond donors (Lipinski definition) is 0. The van der Waals surface area contributed by atoms with Crippen LogP contribution >= 0.6 is 22.7 Å². The van der Waals surface area contributed by atoms with Crippen LogP contribution < -0.4 is 14.7 Å². The highest BCUT2D eigenvalue weighted by molar-refractivity contribution is 7.26. The van der Waals surface area contributed by atoms with Crippen molar-refractivity contribution in [2.75, 3.05) is 14.7 Å². The number of furan rings is 1. The lowest BCUT2D eigenvalue weighted by atomic mass is 9.67. The first kappa shape index (κ1) is 66.2. The fourth-order valence-electron chi connectivity index (χ4n) is 22.1. The molecule has 654 valence electrons. The topological polar surface area (TPSA) is 22.9 Å². The van der Waals surface area contributed by atoms with E-state index in [4.69, 9.17) is 18.1 Å². The van der Waals surface area contributed by atoms with Crippen LogP contribution in [0.2, 0.25) is 0 Å². The van der Waals surface area contributed by atoms with Gasteiger partial charge < -0.3 is 19.1 Å². The van der Waals surface area contributed by atoms with E-state index in [0.717, 1.165) is 186 Å². The summed E-state index contributed by atoms with van der Waals surface area (Å²) in [7, 11) is 0. The van der Waals surface area contributed by atoms with Crippen LogP contribution in [0, 0.1) is 0 Å². The molecule has 0 N–H and O–H groups in total. The van der Waals surface area contributed by atoms with Gasteiger partial charge in [-0.25, -0.2) is 0 Å². The van der Waals surface area contributed by atoms with Gasteiger partial charge >= 0.3 is 0 Å². The zero-order valence-electron chi connectivity index (χ0n) is 91.6. The molecule has 0 bridgehead atoms. The van der Waals surface area contributed by atoms with Crippen LogP contribution in [-0.2, 0) is 16.2 Å². The normalized spacial score (nSPS) is 16.8. The van der Waals surface area contributed by atoms with Crippen LogP contribution in [-0.4, -0.2) is 0 Å². The van der Waals surface area contributed by atoms with Crippen molar-refractivity contribution in [2.24, 2.45) is 0 Å². The van der Waals surface area contributed by atoms with Crippen LogP contribution in [0.5, 0.6) is 0 Å². The first-order chi connectivity index (χ1) is 76.0. The zero-order chi connectivity index (χ0) is 107. The average molecular weight is 1830 g/mol. The first-order valence-electron chi connectivity index (χ1n) is 54.9. The predicted molar refractivity (Wildman–Crippen MR) is 586 cm³/mol. The molecule has 3 atom stereocenters. The molecule has 25 aromatic rings. The molecule has 0 saturated carbocycles. The molecule has 22 aromatic carbocycles. The largest absolute Gasteiger partial charge is 0.456 e. The maximum atomic E-state index is 10.00. The van der Waals surface area contributed by atoms with E-state index in [1.807, 2.05) is 237 Å². The standard InChI is InChI=1S/C47H31NS.C43H29NO.C43H29NS/c1-3-16-35(17-4-1)48(36-18-5-2-6-19-36)37-28-29-43-41(31-37)38-20-9-11-23-42(38)47(43,34-27-26-32-14-7-8-15-33(32)30-34)44-24-13-22-40-39-21-10-12-25-45(39)49-46(40)44;2*1-4-15-30(16-5-1)43(40-25-14-23-36-35-22-11-13-26-41(35)45-42(36)40)38-24-12-10-21-34(38)37-29-33(27-28-39(37)43)44(31-17-6-2-7-18-31)32-19-8-3-9-20-32/h1-31H;2*1-29H/i7D,8D,14D,15D,26D,27D,30D;2*1D,4D,5D,15D,16D.